The predicted molar refractivity (Wildman–Crippen MR) is 99.3 cm³/mol. The van der Waals surface area contributed by atoms with Gasteiger partial charge in [-0.05, 0) is 55.5 Å². The second kappa shape index (κ2) is 8.62. The minimum absolute atomic E-state index is 0.103. The van der Waals surface area contributed by atoms with Gasteiger partial charge in [-0.2, -0.15) is 0 Å². The van der Waals surface area contributed by atoms with Crippen molar-refractivity contribution in [1.29, 1.82) is 0 Å². The van der Waals surface area contributed by atoms with Gasteiger partial charge >= 0.3 is 5.97 Å². The van der Waals surface area contributed by atoms with Crippen molar-refractivity contribution in [2.45, 2.75) is 6.92 Å². The molecule has 6 heteroatoms. The first-order valence-corrected chi connectivity index (χ1v) is 8.27. The van der Waals surface area contributed by atoms with Gasteiger partial charge in [0.1, 0.15) is 11.6 Å². The number of hydrogen-bond donors (Lipinski definition) is 1. The monoisotopic (exact) mass is 349 g/mol. The van der Waals surface area contributed by atoms with Crippen LogP contribution in [0.5, 0.6) is 5.75 Å². The van der Waals surface area contributed by atoms with E-state index in [1.54, 1.807) is 31.5 Å². The molecule has 0 saturated carbocycles. The number of aromatic nitrogens is 2. The third kappa shape index (κ3) is 4.80. The van der Waals surface area contributed by atoms with Gasteiger partial charge < -0.3 is 14.8 Å². The van der Waals surface area contributed by atoms with Crippen molar-refractivity contribution < 1.29 is 14.3 Å². The van der Waals surface area contributed by atoms with E-state index in [0.29, 0.717) is 18.2 Å². The number of hydrogen-bond acceptors (Lipinski definition) is 6. The van der Waals surface area contributed by atoms with Crippen LogP contribution in [0.3, 0.4) is 0 Å². The molecule has 3 aromatic rings. The van der Waals surface area contributed by atoms with Crippen LogP contribution in [0.15, 0.2) is 67.0 Å². The van der Waals surface area contributed by atoms with Gasteiger partial charge in [-0.15, -0.1) is 0 Å². The van der Waals surface area contributed by atoms with E-state index in [0.717, 1.165) is 16.9 Å². The number of carbonyl (C=O) groups is 1. The summed E-state index contributed by atoms with van der Waals surface area (Å²) in [7, 11) is 0. The lowest BCUT2D eigenvalue weighted by Gasteiger charge is -2.09. The van der Waals surface area contributed by atoms with Crippen molar-refractivity contribution in [2.75, 3.05) is 18.5 Å². The lowest BCUT2D eigenvalue weighted by Crippen LogP contribution is -2.14. The molecule has 0 spiro atoms. The Morgan fingerprint density at radius 3 is 2.62 bits per heavy atom. The zero-order chi connectivity index (χ0) is 18.2. The van der Waals surface area contributed by atoms with E-state index in [1.165, 1.54) is 0 Å². The van der Waals surface area contributed by atoms with Gasteiger partial charge in [-0.3, -0.25) is 4.98 Å². The van der Waals surface area contributed by atoms with Gasteiger partial charge in [0.25, 0.3) is 0 Å². The molecule has 0 aliphatic rings. The van der Waals surface area contributed by atoms with Crippen LogP contribution in [0.1, 0.15) is 6.92 Å². The summed E-state index contributed by atoms with van der Waals surface area (Å²) < 4.78 is 10.2. The molecule has 132 valence electrons. The van der Waals surface area contributed by atoms with Gasteiger partial charge in [0.2, 0.25) is 0 Å². The summed E-state index contributed by atoms with van der Waals surface area (Å²) in [5.41, 5.74) is 2.73. The van der Waals surface area contributed by atoms with Crippen molar-refractivity contribution in [3.8, 4) is 17.0 Å². The molecule has 0 aliphatic heterocycles. The third-order valence-electron chi connectivity index (χ3n) is 3.51. The number of nitrogens with zero attached hydrogens (tertiary/aromatic N) is 2. The zero-order valence-electron chi connectivity index (χ0n) is 14.4. The highest BCUT2D eigenvalue weighted by Crippen LogP contribution is 2.22. The first-order valence-electron chi connectivity index (χ1n) is 8.27. The molecule has 0 saturated heterocycles. The maximum Gasteiger partial charge on any atom is 0.344 e. The Hall–Kier alpha value is -3.41. The van der Waals surface area contributed by atoms with Crippen LogP contribution in [-0.4, -0.2) is 29.2 Å². The van der Waals surface area contributed by atoms with E-state index < -0.39 is 0 Å². The molecule has 0 unspecified atom stereocenters. The first kappa shape index (κ1) is 17.4. The van der Waals surface area contributed by atoms with E-state index in [1.807, 2.05) is 42.5 Å². The number of carbonyl (C=O) groups excluding carboxylic acids is 1. The van der Waals surface area contributed by atoms with E-state index in [4.69, 9.17) is 9.47 Å². The highest BCUT2D eigenvalue weighted by atomic mass is 16.6. The summed E-state index contributed by atoms with van der Waals surface area (Å²) in [6.07, 6.45) is 3.50. The van der Waals surface area contributed by atoms with Crippen LogP contribution in [0.2, 0.25) is 0 Å². The summed E-state index contributed by atoms with van der Waals surface area (Å²) in [5, 5.41) is 3.24. The lowest BCUT2D eigenvalue weighted by atomic mass is 10.2. The van der Waals surface area contributed by atoms with E-state index in [-0.39, 0.29) is 12.6 Å². The SMILES string of the molecule is CCOC(=O)COc1ccc(Nc2cc(-c3ccccn3)ccn2)cc1. The minimum atomic E-state index is -0.384. The van der Waals surface area contributed by atoms with Crippen LogP contribution in [-0.2, 0) is 9.53 Å². The highest BCUT2D eigenvalue weighted by Gasteiger charge is 2.04. The Kier molecular flexibility index (Phi) is 5.77. The van der Waals surface area contributed by atoms with Gasteiger partial charge in [0.05, 0.1) is 12.3 Å². The Morgan fingerprint density at radius 2 is 1.88 bits per heavy atom. The van der Waals surface area contributed by atoms with Crippen LogP contribution < -0.4 is 10.1 Å². The van der Waals surface area contributed by atoms with Crippen LogP contribution in [0.25, 0.3) is 11.3 Å². The van der Waals surface area contributed by atoms with Gasteiger partial charge in [0.15, 0.2) is 6.61 Å². The Labute approximate surface area is 151 Å². The fourth-order valence-electron chi connectivity index (χ4n) is 2.32. The number of anilines is 2. The smallest absolute Gasteiger partial charge is 0.344 e. The van der Waals surface area contributed by atoms with Gasteiger partial charge in [-0.25, -0.2) is 9.78 Å². The number of nitrogens with one attached hydrogen (secondary N) is 1. The average molecular weight is 349 g/mol. The summed E-state index contributed by atoms with van der Waals surface area (Å²) in [4.78, 5) is 20.0. The molecule has 0 atom stereocenters. The van der Waals surface area contributed by atoms with Crippen LogP contribution in [0.4, 0.5) is 11.5 Å². The Bertz CT molecular complexity index is 852. The summed E-state index contributed by atoms with van der Waals surface area (Å²) in [6, 6.07) is 16.9. The maximum atomic E-state index is 11.3. The minimum Gasteiger partial charge on any atom is -0.482 e. The predicted octanol–water partition coefficient (Wildman–Crippen LogP) is 3.83. The molecule has 2 heterocycles. The molecule has 26 heavy (non-hydrogen) atoms. The van der Waals surface area contributed by atoms with Crippen molar-refractivity contribution >= 4 is 17.5 Å². The van der Waals surface area contributed by atoms with E-state index in [9.17, 15) is 4.79 Å². The standard InChI is InChI=1S/C20H19N3O3/c1-2-25-20(24)14-26-17-8-6-16(7-9-17)23-19-13-15(10-12-22-19)18-5-3-4-11-21-18/h3-13H,2,14H2,1H3,(H,22,23). The van der Waals surface area contributed by atoms with E-state index >= 15 is 0 Å². The van der Waals surface area contributed by atoms with Crippen molar-refractivity contribution in [2.24, 2.45) is 0 Å². The Morgan fingerprint density at radius 1 is 1.04 bits per heavy atom. The van der Waals surface area contributed by atoms with Crippen LogP contribution >= 0.6 is 0 Å². The topological polar surface area (TPSA) is 73.3 Å². The molecular formula is C20H19N3O3. The fraction of sp³-hybridized carbons (Fsp3) is 0.150. The van der Waals surface area contributed by atoms with Gasteiger partial charge in [0, 0.05) is 23.6 Å². The third-order valence-corrected chi connectivity index (χ3v) is 3.51. The Balaban J connectivity index is 1.63. The number of benzene rings is 1. The number of rotatable bonds is 7. The zero-order valence-corrected chi connectivity index (χ0v) is 14.4. The van der Waals surface area contributed by atoms with Crippen LogP contribution in [0, 0.1) is 0 Å². The average Bonchev–Trinajstić information content (AvgIpc) is 2.69. The largest absolute Gasteiger partial charge is 0.482 e. The maximum absolute atomic E-state index is 11.3. The lowest BCUT2D eigenvalue weighted by molar-refractivity contribution is -0.145. The van der Waals surface area contributed by atoms with E-state index in [2.05, 4.69) is 15.3 Å². The summed E-state index contributed by atoms with van der Waals surface area (Å²) in [5.74, 6) is 0.928. The van der Waals surface area contributed by atoms with Crippen molar-refractivity contribution in [3.63, 3.8) is 0 Å². The molecule has 0 radical (unpaired) electrons. The molecule has 6 nitrogen and oxygen atoms in total. The molecule has 0 amide bonds. The molecule has 0 bridgehead atoms. The molecule has 0 fully saturated rings. The number of pyridine rings is 2. The first-order chi connectivity index (χ1) is 12.7. The summed E-state index contributed by atoms with van der Waals surface area (Å²) in [6.45, 7) is 2.00. The molecule has 1 aromatic carbocycles. The number of ether oxygens (including phenoxy) is 2. The molecule has 0 aliphatic carbocycles. The normalized spacial score (nSPS) is 10.2. The van der Waals surface area contributed by atoms with Crippen molar-refractivity contribution in [3.05, 3.63) is 67.0 Å². The second-order valence-electron chi connectivity index (χ2n) is 5.39. The highest BCUT2D eigenvalue weighted by molar-refractivity contribution is 5.71. The quantitative estimate of drug-likeness (QED) is 0.654. The molecule has 1 N–H and O–H groups in total. The molecular weight excluding hydrogens is 330 g/mol. The van der Waals surface area contributed by atoms with Crippen molar-refractivity contribution in [1.82, 2.24) is 9.97 Å². The molecule has 3 rings (SSSR count). The summed E-state index contributed by atoms with van der Waals surface area (Å²) >= 11 is 0. The molecule has 2 aromatic heterocycles. The second-order valence-corrected chi connectivity index (χ2v) is 5.39. The van der Waals surface area contributed by atoms with Gasteiger partial charge in [-0.1, -0.05) is 6.07 Å². The number of esters is 1. The fourth-order valence-corrected chi connectivity index (χ4v) is 2.32.